The first-order valence-corrected chi connectivity index (χ1v) is 13.2. The summed E-state index contributed by atoms with van der Waals surface area (Å²) in [6.07, 6.45) is 0.892. The quantitative estimate of drug-likeness (QED) is 0.559. The van der Waals surface area contributed by atoms with E-state index in [0.717, 1.165) is 27.6 Å². The molecule has 7 atom stereocenters. The Morgan fingerprint density at radius 3 is 2.35 bits per heavy atom. The van der Waals surface area contributed by atoms with Crippen LogP contribution in [0.2, 0.25) is 0 Å². The number of aromatic amines is 1. The molecular weight excluding hydrogens is 468 g/mol. The molecule has 172 valence electrons. The Labute approximate surface area is 204 Å². The van der Waals surface area contributed by atoms with Crippen molar-refractivity contribution in [2.75, 3.05) is 12.0 Å². The van der Waals surface area contributed by atoms with Crippen LogP contribution in [-0.2, 0) is 9.59 Å². The van der Waals surface area contributed by atoms with E-state index < -0.39 is 0 Å². The van der Waals surface area contributed by atoms with Gasteiger partial charge in [-0.1, -0.05) is 41.7 Å². The van der Waals surface area contributed by atoms with Crippen LogP contribution >= 0.6 is 23.1 Å². The molecule has 2 saturated carbocycles. The van der Waals surface area contributed by atoms with Gasteiger partial charge < -0.3 is 9.72 Å². The van der Waals surface area contributed by atoms with Gasteiger partial charge in [-0.3, -0.25) is 19.3 Å². The number of imide groups is 1. The number of carbonyl (C=O) groups excluding carboxylic acids is 2. The van der Waals surface area contributed by atoms with E-state index in [4.69, 9.17) is 4.74 Å². The second kappa shape index (κ2) is 7.33. The predicted molar refractivity (Wildman–Crippen MR) is 130 cm³/mol. The predicted octanol–water partition coefficient (Wildman–Crippen LogP) is 4.12. The molecule has 0 unspecified atom stereocenters. The zero-order chi connectivity index (χ0) is 23.1. The Morgan fingerprint density at radius 2 is 1.65 bits per heavy atom. The first kappa shape index (κ1) is 20.5. The molecule has 34 heavy (non-hydrogen) atoms. The molecule has 3 aromatic rings. The highest BCUT2D eigenvalue weighted by Crippen LogP contribution is 2.68. The molecule has 6 nitrogen and oxygen atoms in total. The number of ether oxygens (including phenoxy) is 1. The van der Waals surface area contributed by atoms with E-state index in [2.05, 4.69) is 17.1 Å². The molecular formula is C26H22N2O4S2. The van der Waals surface area contributed by atoms with Crippen molar-refractivity contribution in [3.8, 4) is 5.75 Å². The van der Waals surface area contributed by atoms with Gasteiger partial charge >= 0.3 is 4.87 Å². The summed E-state index contributed by atoms with van der Waals surface area (Å²) in [6, 6.07) is 17.4. The minimum Gasteiger partial charge on any atom is -0.497 e. The van der Waals surface area contributed by atoms with Crippen LogP contribution in [0, 0.1) is 29.6 Å². The third kappa shape index (κ3) is 2.66. The number of H-pyrrole nitrogens is 1. The van der Waals surface area contributed by atoms with Crippen LogP contribution in [0.5, 0.6) is 5.75 Å². The van der Waals surface area contributed by atoms with Gasteiger partial charge in [-0.2, -0.15) is 0 Å². The molecule has 3 fully saturated rings. The van der Waals surface area contributed by atoms with Crippen LogP contribution in [0.4, 0.5) is 5.69 Å². The Hall–Kier alpha value is -2.84. The van der Waals surface area contributed by atoms with Gasteiger partial charge in [0.15, 0.2) is 0 Å². The Kier molecular flexibility index (Phi) is 4.42. The second-order valence-corrected chi connectivity index (χ2v) is 11.8. The number of nitrogens with zero attached hydrogens (tertiary/aromatic N) is 1. The number of aromatic nitrogens is 1. The minimum absolute atomic E-state index is 0.0285. The summed E-state index contributed by atoms with van der Waals surface area (Å²) in [4.78, 5) is 45.1. The van der Waals surface area contributed by atoms with Gasteiger partial charge in [-0.25, -0.2) is 0 Å². The van der Waals surface area contributed by atoms with Gasteiger partial charge in [-0.15, -0.1) is 11.8 Å². The number of methoxy groups -OCH3 is 1. The molecule has 2 aliphatic heterocycles. The number of fused-ring (bicyclic) bond motifs is 9. The van der Waals surface area contributed by atoms with E-state index in [1.807, 2.05) is 42.5 Å². The fourth-order valence-corrected chi connectivity index (χ4v) is 9.92. The van der Waals surface area contributed by atoms with E-state index in [1.54, 1.807) is 18.9 Å². The Balaban J connectivity index is 1.33. The highest BCUT2D eigenvalue weighted by molar-refractivity contribution is 8.00. The zero-order valence-corrected chi connectivity index (χ0v) is 20.0. The topological polar surface area (TPSA) is 79.5 Å². The molecule has 0 radical (unpaired) electrons. The minimum atomic E-state index is -0.280. The number of anilines is 1. The van der Waals surface area contributed by atoms with Crippen molar-refractivity contribution in [1.82, 2.24) is 4.98 Å². The summed E-state index contributed by atoms with van der Waals surface area (Å²) in [7, 11) is 1.65. The van der Waals surface area contributed by atoms with Gasteiger partial charge in [0.1, 0.15) is 5.75 Å². The molecule has 2 bridgehead atoms. The van der Waals surface area contributed by atoms with E-state index in [-0.39, 0.29) is 57.4 Å². The fourth-order valence-electron chi connectivity index (χ4n) is 7.03. The lowest BCUT2D eigenvalue weighted by atomic mass is 9.68. The van der Waals surface area contributed by atoms with Gasteiger partial charge in [0.05, 0.1) is 29.7 Å². The molecule has 1 aromatic heterocycles. The van der Waals surface area contributed by atoms with Gasteiger partial charge in [0.2, 0.25) is 11.8 Å². The number of benzene rings is 2. The maximum Gasteiger partial charge on any atom is 0.305 e. The van der Waals surface area contributed by atoms with E-state index >= 15 is 0 Å². The standard InChI is InChI=1S/C26H22N2O4S2/c1-32-14-9-7-12(8-10-14)17-18-15-11-16(21(18)33-23-22(17)34-26(31)27-23)20-19(15)24(29)28(25(20)30)13-5-3-2-4-6-13/h2-10,15-21H,11H2,1H3,(H,27,31)/t15-,16+,17-,18+,19+,20+,21+/m0/s1. The third-order valence-electron chi connectivity index (χ3n) is 8.21. The van der Waals surface area contributed by atoms with E-state index in [0.29, 0.717) is 5.69 Å². The Morgan fingerprint density at radius 1 is 0.941 bits per heavy atom. The molecule has 4 aliphatic rings. The smallest absolute Gasteiger partial charge is 0.305 e. The summed E-state index contributed by atoms with van der Waals surface area (Å²) in [5.41, 5.74) is 1.80. The summed E-state index contributed by atoms with van der Waals surface area (Å²) in [5, 5.41) is 1.13. The lowest BCUT2D eigenvalue weighted by molar-refractivity contribution is -0.123. The number of nitrogens with one attached hydrogen (secondary N) is 1. The number of hydrogen-bond donors (Lipinski definition) is 1. The third-order valence-corrected chi connectivity index (χ3v) is 10.8. The van der Waals surface area contributed by atoms with Crippen LogP contribution in [-0.4, -0.2) is 29.2 Å². The summed E-state index contributed by atoms with van der Waals surface area (Å²) in [6.45, 7) is 0. The highest BCUT2D eigenvalue weighted by atomic mass is 32.2. The number of para-hydroxylation sites is 1. The fraction of sp³-hybridized carbons (Fsp3) is 0.346. The van der Waals surface area contributed by atoms with Gasteiger partial charge in [-0.05, 0) is 54.0 Å². The molecule has 7 rings (SSSR count). The highest BCUT2D eigenvalue weighted by Gasteiger charge is 2.69. The average molecular weight is 491 g/mol. The lowest BCUT2D eigenvalue weighted by Gasteiger charge is -2.43. The molecule has 1 saturated heterocycles. The number of thiazole rings is 1. The number of hydrogen-bond acceptors (Lipinski definition) is 6. The van der Waals surface area contributed by atoms with Crippen LogP contribution in [0.15, 0.2) is 64.4 Å². The van der Waals surface area contributed by atoms with Crippen molar-refractivity contribution in [3.05, 3.63) is 74.7 Å². The molecule has 2 aliphatic carbocycles. The summed E-state index contributed by atoms with van der Waals surface area (Å²) in [5.74, 6) is 0.611. The van der Waals surface area contributed by atoms with Crippen LogP contribution in [0.25, 0.3) is 0 Å². The second-order valence-electron chi connectivity index (χ2n) is 9.58. The first-order valence-electron chi connectivity index (χ1n) is 11.5. The monoisotopic (exact) mass is 490 g/mol. The van der Waals surface area contributed by atoms with Crippen molar-refractivity contribution in [1.29, 1.82) is 0 Å². The lowest BCUT2D eigenvalue weighted by Crippen LogP contribution is -2.42. The SMILES string of the molecule is COc1ccc([C@@H]2c3sc(=O)[nH]c3S[C@@H]3[C@@H]4C[C@H]([C@H]5C(=O)N(c6ccccc6)C(=O)[C@H]45)[C@H]23)cc1. The number of rotatable bonds is 3. The van der Waals surface area contributed by atoms with E-state index in [9.17, 15) is 14.4 Å². The van der Waals surface area contributed by atoms with Crippen molar-refractivity contribution in [3.63, 3.8) is 0 Å². The van der Waals surface area contributed by atoms with E-state index in [1.165, 1.54) is 16.2 Å². The maximum absolute atomic E-state index is 13.7. The molecule has 2 aromatic carbocycles. The van der Waals surface area contributed by atoms with Crippen molar-refractivity contribution < 1.29 is 14.3 Å². The van der Waals surface area contributed by atoms with Crippen LogP contribution in [0.1, 0.15) is 22.8 Å². The van der Waals surface area contributed by atoms with Crippen LogP contribution < -0.4 is 14.5 Å². The largest absolute Gasteiger partial charge is 0.497 e. The summed E-state index contributed by atoms with van der Waals surface area (Å²) >= 11 is 2.99. The Bertz CT molecular complexity index is 1370. The molecule has 0 spiro atoms. The molecule has 1 N–H and O–H groups in total. The van der Waals surface area contributed by atoms with Crippen LogP contribution in [0.3, 0.4) is 0 Å². The molecule has 3 heterocycles. The summed E-state index contributed by atoms with van der Waals surface area (Å²) < 4.78 is 5.36. The zero-order valence-electron chi connectivity index (χ0n) is 18.3. The molecule has 8 heteroatoms. The number of carbonyl (C=O) groups is 2. The van der Waals surface area contributed by atoms with Crippen molar-refractivity contribution in [2.24, 2.45) is 29.6 Å². The normalized spacial score (nSPS) is 33.1. The maximum atomic E-state index is 13.7. The number of thioether (sulfide) groups is 1. The molecule has 2 amide bonds. The first-order chi connectivity index (χ1) is 16.6. The van der Waals surface area contributed by atoms with Gasteiger partial charge in [0.25, 0.3) is 0 Å². The average Bonchev–Trinajstić information content (AvgIpc) is 3.58. The number of amides is 2. The van der Waals surface area contributed by atoms with Gasteiger partial charge in [0, 0.05) is 16.0 Å². The van der Waals surface area contributed by atoms with Crippen molar-refractivity contribution >= 4 is 40.6 Å². The van der Waals surface area contributed by atoms with Crippen molar-refractivity contribution in [2.45, 2.75) is 22.6 Å².